The van der Waals surface area contributed by atoms with Crippen LogP contribution in [0, 0.1) is 12.7 Å². The number of pyridine rings is 1. The van der Waals surface area contributed by atoms with Crippen LogP contribution in [0.5, 0.6) is 0 Å². The van der Waals surface area contributed by atoms with E-state index in [1.165, 1.54) is 17.6 Å². The Labute approximate surface area is 107 Å². The van der Waals surface area contributed by atoms with Crippen LogP contribution in [0.15, 0.2) is 30.5 Å². The number of halogens is 1. The smallest absolute Gasteiger partial charge is 0.147 e. The minimum absolute atomic E-state index is 0.137. The first-order valence-electron chi connectivity index (χ1n) is 5.43. The Morgan fingerprint density at radius 1 is 1.28 bits per heavy atom. The summed E-state index contributed by atoms with van der Waals surface area (Å²) in [6.45, 7) is 1.97. The van der Waals surface area contributed by atoms with E-state index in [0.717, 1.165) is 27.0 Å². The average molecular weight is 259 g/mol. The van der Waals surface area contributed by atoms with Crippen molar-refractivity contribution in [1.82, 2.24) is 9.36 Å². The maximum atomic E-state index is 13.4. The molecule has 2 heterocycles. The van der Waals surface area contributed by atoms with Crippen LogP contribution in [0.1, 0.15) is 5.56 Å². The number of aryl methyl sites for hydroxylation is 1. The minimum atomic E-state index is -0.407. The van der Waals surface area contributed by atoms with Gasteiger partial charge in [-0.25, -0.2) is 4.39 Å². The molecule has 0 aliphatic heterocycles. The van der Waals surface area contributed by atoms with Crippen LogP contribution in [0.3, 0.4) is 0 Å². The second-order valence-corrected chi connectivity index (χ2v) is 4.87. The molecule has 0 radical (unpaired) electrons. The second kappa shape index (κ2) is 4.03. The van der Waals surface area contributed by atoms with E-state index in [1.54, 1.807) is 12.3 Å². The molecule has 0 unspecified atom stereocenters. The largest absolute Gasteiger partial charge is 0.396 e. The zero-order chi connectivity index (χ0) is 12.7. The number of nitrogens with two attached hydrogens (primary N) is 1. The first kappa shape index (κ1) is 11.1. The number of rotatable bonds is 1. The van der Waals surface area contributed by atoms with Crippen molar-refractivity contribution in [3.05, 3.63) is 41.8 Å². The van der Waals surface area contributed by atoms with Gasteiger partial charge in [-0.3, -0.25) is 4.98 Å². The van der Waals surface area contributed by atoms with E-state index in [0.29, 0.717) is 0 Å². The van der Waals surface area contributed by atoms with Crippen molar-refractivity contribution in [1.29, 1.82) is 0 Å². The third-order valence-corrected chi connectivity index (χ3v) is 3.63. The normalized spacial score (nSPS) is 11.0. The molecule has 5 heteroatoms. The molecule has 0 bridgehead atoms. The number of nitrogens with zero attached hydrogens (tertiary/aromatic N) is 2. The third-order valence-electron chi connectivity index (χ3n) is 2.82. The van der Waals surface area contributed by atoms with Gasteiger partial charge in [0.2, 0.25) is 0 Å². The zero-order valence-corrected chi connectivity index (χ0v) is 10.5. The molecular weight excluding hydrogens is 249 g/mol. The van der Waals surface area contributed by atoms with E-state index >= 15 is 0 Å². The van der Waals surface area contributed by atoms with Gasteiger partial charge >= 0.3 is 0 Å². The number of benzene rings is 1. The molecule has 0 spiro atoms. The molecule has 90 valence electrons. The van der Waals surface area contributed by atoms with E-state index in [-0.39, 0.29) is 5.69 Å². The lowest BCUT2D eigenvalue weighted by Crippen LogP contribution is -1.91. The Morgan fingerprint density at radius 2 is 2.11 bits per heavy atom. The molecule has 2 N–H and O–H groups in total. The Kier molecular flexibility index (Phi) is 2.48. The van der Waals surface area contributed by atoms with Gasteiger partial charge in [-0.15, -0.1) is 0 Å². The SMILES string of the molecule is Cc1cccnc1-c1nsc2cc(F)c(N)cc12. The maximum absolute atomic E-state index is 13.4. The summed E-state index contributed by atoms with van der Waals surface area (Å²) in [6.07, 6.45) is 1.72. The molecule has 2 aromatic heterocycles. The van der Waals surface area contributed by atoms with Crippen LogP contribution in [-0.2, 0) is 0 Å². The number of anilines is 1. The van der Waals surface area contributed by atoms with Crippen LogP contribution < -0.4 is 5.73 Å². The third kappa shape index (κ3) is 1.64. The molecule has 0 aliphatic rings. The van der Waals surface area contributed by atoms with Crippen LogP contribution in [0.4, 0.5) is 10.1 Å². The molecule has 18 heavy (non-hydrogen) atoms. The van der Waals surface area contributed by atoms with Crippen molar-refractivity contribution in [3.8, 4) is 11.4 Å². The Hall–Kier alpha value is -2.01. The van der Waals surface area contributed by atoms with Crippen molar-refractivity contribution in [3.63, 3.8) is 0 Å². The number of hydrogen-bond donors (Lipinski definition) is 1. The number of fused-ring (bicyclic) bond motifs is 1. The quantitative estimate of drug-likeness (QED) is 0.681. The van der Waals surface area contributed by atoms with Crippen molar-refractivity contribution in [2.75, 3.05) is 5.73 Å². The lowest BCUT2D eigenvalue weighted by atomic mass is 10.1. The van der Waals surface area contributed by atoms with Gasteiger partial charge in [-0.1, -0.05) is 6.07 Å². The Bertz CT molecular complexity index is 736. The summed E-state index contributed by atoms with van der Waals surface area (Å²) in [7, 11) is 0. The van der Waals surface area contributed by atoms with E-state index in [1.807, 2.05) is 19.1 Å². The molecule has 0 aliphatic carbocycles. The number of nitrogen functional groups attached to an aromatic ring is 1. The highest BCUT2D eigenvalue weighted by molar-refractivity contribution is 7.13. The summed E-state index contributed by atoms with van der Waals surface area (Å²) in [5.74, 6) is -0.407. The molecule has 3 aromatic rings. The fourth-order valence-electron chi connectivity index (χ4n) is 1.88. The Morgan fingerprint density at radius 3 is 2.89 bits per heavy atom. The molecule has 3 rings (SSSR count). The van der Waals surface area contributed by atoms with Gasteiger partial charge in [0.15, 0.2) is 0 Å². The van der Waals surface area contributed by atoms with Gasteiger partial charge in [0.05, 0.1) is 16.1 Å². The number of aromatic nitrogens is 2. The second-order valence-electron chi connectivity index (χ2n) is 4.07. The molecule has 0 amide bonds. The predicted molar refractivity (Wildman–Crippen MR) is 72.0 cm³/mol. The summed E-state index contributed by atoms with van der Waals surface area (Å²) in [6, 6.07) is 6.89. The summed E-state index contributed by atoms with van der Waals surface area (Å²) < 4.78 is 18.5. The van der Waals surface area contributed by atoms with Crippen molar-refractivity contribution < 1.29 is 4.39 Å². The monoisotopic (exact) mass is 259 g/mol. The molecule has 1 aromatic carbocycles. The van der Waals surface area contributed by atoms with Crippen LogP contribution in [0.2, 0.25) is 0 Å². The van der Waals surface area contributed by atoms with Crippen LogP contribution in [-0.4, -0.2) is 9.36 Å². The molecule has 0 saturated heterocycles. The maximum Gasteiger partial charge on any atom is 0.147 e. The first-order chi connectivity index (χ1) is 8.66. The molecule has 0 saturated carbocycles. The summed E-state index contributed by atoms with van der Waals surface area (Å²) in [5.41, 5.74) is 8.36. The topological polar surface area (TPSA) is 51.8 Å². The zero-order valence-electron chi connectivity index (χ0n) is 9.64. The Balaban J connectivity index is 2.31. The van der Waals surface area contributed by atoms with E-state index in [2.05, 4.69) is 9.36 Å². The van der Waals surface area contributed by atoms with Gasteiger partial charge in [-0.05, 0) is 42.2 Å². The van der Waals surface area contributed by atoms with E-state index in [4.69, 9.17) is 5.73 Å². The highest BCUT2D eigenvalue weighted by Gasteiger charge is 2.13. The summed E-state index contributed by atoms with van der Waals surface area (Å²) in [4.78, 5) is 4.33. The lowest BCUT2D eigenvalue weighted by molar-refractivity contribution is 0.634. The first-order valence-corrected chi connectivity index (χ1v) is 6.20. The average Bonchev–Trinajstić information content (AvgIpc) is 2.73. The summed E-state index contributed by atoms with van der Waals surface area (Å²) in [5, 5.41) is 0.848. The van der Waals surface area contributed by atoms with Crippen molar-refractivity contribution in [2.24, 2.45) is 0 Å². The fourth-order valence-corrected chi connectivity index (χ4v) is 2.67. The standard InChI is InChI=1S/C13H10FN3S/c1-7-3-2-4-16-12(7)13-8-5-10(15)9(14)6-11(8)18-17-13/h2-6H,15H2,1H3. The lowest BCUT2D eigenvalue weighted by Gasteiger charge is -2.02. The molecular formula is C13H10FN3S. The summed E-state index contributed by atoms with van der Waals surface area (Å²) >= 11 is 1.25. The van der Waals surface area contributed by atoms with Gasteiger partial charge < -0.3 is 5.73 Å². The van der Waals surface area contributed by atoms with Crippen molar-refractivity contribution in [2.45, 2.75) is 6.92 Å². The minimum Gasteiger partial charge on any atom is -0.396 e. The van der Waals surface area contributed by atoms with Crippen molar-refractivity contribution >= 4 is 27.3 Å². The van der Waals surface area contributed by atoms with E-state index in [9.17, 15) is 4.39 Å². The molecule has 3 nitrogen and oxygen atoms in total. The highest BCUT2D eigenvalue weighted by atomic mass is 32.1. The fraction of sp³-hybridized carbons (Fsp3) is 0.0769. The van der Waals surface area contributed by atoms with Crippen LogP contribution in [0.25, 0.3) is 21.5 Å². The van der Waals surface area contributed by atoms with Crippen LogP contribution >= 0.6 is 11.5 Å². The van der Waals surface area contributed by atoms with Gasteiger partial charge in [0.1, 0.15) is 11.5 Å². The predicted octanol–water partition coefficient (Wildman–Crippen LogP) is 3.39. The van der Waals surface area contributed by atoms with E-state index < -0.39 is 5.82 Å². The molecule has 0 fully saturated rings. The number of hydrogen-bond acceptors (Lipinski definition) is 4. The van der Waals surface area contributed by atoms with Gasteiger partial charge in [0, 0.05) is 11.6 Å². The van der Waals surface area contributed by atoms with Gasteiger partial charge in [-0.2, -0.15) is 4.37 Å². The molecule has 0 atom stereocenters. The van der Waals surface area contributed by atoms with Gasteiger partial charge in [0.25, 0.3) is 0 Å². The highest BCUT2D eigenvalue weighted by Crippen LogP contribution is 2.33.